The minimum atomic E-state index is -0.211. The first-order chi connectivity index (χ1) is 7.00. The van der Waals surface area contributed by atoms with Crippen LogP contribution in [0.2, 0.25) is 0 Å². The lowest BCUT2D eigenvalue weighted by atomic mass is 9.95. The molecule has 0 aliphatic carbocycles. The number of nitrogens with two attached hydrogens (primary N) is 1. The topological polar surface area (TPSA) is 43.1 Å². The van der Waals surface area contributed by atoms with Crippen molar-refractivity contribution in [2.75, 3.05) is 0 Å². The van der Waals surface area contributed by atoms with Crippen molar-refractivity contribution in [2.24, 2.45) is 5.73 Å². The number of hydrogen-bond donors (Lipinski definition) is 1. The van der Waals surface area contributed by atoms with E-state index in [9.17, 15) is 4.79 Å². The lowest BCUT2D eigenvalue weighted by Gasteiger charge is -2.10. The molecule has 82 valence electrons. The Labute approximate surface area is 91.5 Å². The lowest BCUT2D eigenvalue weighted by molar-refractivity contribution is -0.118. The molecule has 2 heteroatoms. The first kappa shape index (κ1) is 11.8. The summed E-state index contributed by atoms with van der Waals surface area (Å²) in [6, 6.07) is 4.37. The molecule has 0 radical (unpaired) electrons. The number of aryl methyl sites for hydroxylation is 3. The Hall–Kier alpha value is -1.31. The van der Waals surface area contributed by atoms with Crippen LogP contribution in [0, 0.1) is 20.8 Å². The minimum absolute atomic E-state index is 0.211. The van der Waals surface area contributed by atoms with Crippen LogP contribution in [0.5, 0.6) is 0 Å². The number of rotatable bonds is 4. The minimum Gasteiger partial charge on any atom is -0.370 e. The second-order valence-corrected chi connectivity index (χ2v) is 4.20. The van der Waals surface area contributed by atoms with Gasteiger partial charge < -0.3 is 5.73 Å². The Balaban J connectivity index is 2.72. The zero-order chi connectivity index (χ0) is 11.4. The van der Waals surface area contributed by atoms with Crippen LogP contribution < -0.4 is 5.73 Å². The summed E-state index contributed by atoms with van der Waals surface area (Å²) < 4.78 is 0. The zero-order valence-corrected chi connectivity index (χ0v) is 9.76. The fraction of sp³-hybridized carbons (Fsp3) is 0.462. The monoisotopic (exact) mass is 205 g/mol. The van der Waals surface area contributed by atoms with Gasteiger partial charge in [-0.05, 0) is 50.3 Å². The highest BCUT2D eigenvalue weighted by molar-refractivity contribution is 5.73. The average Bonchev–Trinajstić information content (AvgIpc) is 2.08. The van der Waals surface area contributed by atoms with Gasteiger partial charge in [0.1, 0.15) is 0 Å². The maximum absolute atomic E-state index is 10.6. The molecule has 1 aromatic carbocycles. The van der Waals surface area contributed by atoms with Crippen molar-refractivity contribution in [1.82, 2.24) is 0 Å². The summed E-state index contributed by atoms with van der Waals surface area (Å²) in [5, 5.41) is 0. The summed E-state index contributed by atoms with van der Waals surface area (Å²) in [4.78, 5) is 10.6. The van der Waals surface area contributed by atoms with Gasteiger partial charge in [0.25, 0.3) is 0 Å². The summed E-state index contributed by atoms with van der Waals surface area (Å²) >= 11 is 0. The summed E-state index contributed by atoms with van der Waals surface area (Å²) in [5.74, 6) is -0.211. The van der Waals surface area contributed by atoms with E-state index >= 15 is 0 Å². The third kappa shape index (κ3) is 3.39. The van der Waals surface area contributed by atoms with Crippen molar-refractivity contribution in [3.8, 4) is 0 Å². The van der Waals surface area contributed by atoms with E-state index in [1.54, 1.807) is 0 Å². The van der Waals surface area contributed by atoms with E-state index in [1.165, 1.54) is 22.3 Å². The number of hydrogen-bond acceptors (Lipinski definition) is 1. The summed E-state index contributed by atoms with van der Waals surface area (Å²) in [6.07, 6.45) is 2.27. The highest BCUT2D eigenvalue weighted by Crippen LogP contribution is 2.18. The number of carbonyl (C=O) groups excluding carboxylic acids is 1. The molecule has 0 saturated heterocycles. The second-order valence-electron chi connectivity index (χ2n) is 4.20. The fourth-order valence-corrected chi connectivity index (χ4v) is 2.04. The third-order valence-corrected chi connectivity index (χ3v) is 2.69. The average molecular weight is 205 g/mol. The largest absolute Gasteiger partial charge is 0.370 e. The number of carbonyl (C=O) groups is 1. The second kappa shape index (κ2) is 4.96. The van der Waals surface area contributed by atoms with E-state index < -0.39 is 0 Å². The van der Waals surface area contributed by atoms with E-state index in [0.29, 0.717) is 6.42 Å². The van der Waals surface area contributed by atoms with Gasteiger partial charge in [0, 0.05) is 6.42 Å². The van der Waals surface area contributed by atoms with Gasteiger partial charge in [0.05, 0.1) is 0 Å². The molecule has 0 heterocycles. The van der Waals surface area contributed by atoms with E-state index in [4.69, 9.17) is 5.73 Å². The van der Waals surface area contributed by atoms with Gasteiger partial charge in [-0.1, -0.05) is 17.7 Å². The number of benzene rings is 1. The Morgan fingerprint density at radius 2 is 1.73 bits per heavy atom. The van der Waals surface area contributed by atoms with E-state index in [0.717, 1.165) is 12.8 Å². The van der Waals surface area contributed by atoms with Crippen molar-refractivity contribution >= 4 is 5.91 Å². The molecule has 0 saturated carbocycles. The summed E-state index contributed by atoms with van der Waals surface area (Å²) in [5.41, 5.74) is 10.4. The van der Waals surface area contributed by atoms with Crippen LogP contribution in [-0.2, 0) is 11.2 Å². The van der Waals surface area contributed by atoms with Crippen molar-refractivity contribution < 1.29 is 4.79 Å². The molecule has 2 nitrogen and oxygen atoms in total. The van der Waals surface area contributed by atoms with Crippen molar-refractivity contribution in [2.45, 2.75) is 40.0 Å². The predicted molar refractivity (Wildman–Crippen MR) is 62.8 cm³/mol. The van der Waals surface area contributed by atoms with Crippen molar-refractivity contribution in [3.63, 3.8) is 0 Å². The molecule has 0 bridgehead atoms. The van der Waals surface area contributed by atoms with E-state index in [2.05, 4.69) is 32.9 Å². The smallest absolute Gasteiger partial charge is 0.217 e. The van der Waals surface area contributed by atoms with Crippen LogP contribution in [0.4, 0.5) is 0 Å². The number of amides is 1. The van der Waals surface area contributed by atoms with E-state index in [1.807, 2.05) is 0 Å². The van der Waals surface area contributed by atoms with Gasteiger partial charge in [-0.3, -0.25) is 4.79 Å². The molecule has 0 spiro atoms. The van der Waals surface area contributed by atoms with Gasteiger partial charge in [0.2, 0.25) is 5.91 Å². The van der Waals surface area contributed by atoms with Gasteiger partial charge in [-0.15, -0.1) is 0 Å². The molecular formula is C13H19NO. The summed E-state index contributed by atoms with van der Waals surface area (Å²) in [7, 11) is 0. The maximum Gasteiger partial charge on any atom is 0.217 e. The molecular weight excluding hydrogens is 186 g/mol. The van der Waals surface area contributed by atoms with Crippen molar-refractivity contribution in [1.29, 1.82) is 0 Å². The van der Waals surface area contributed by atoms with Gasteiger partial charge in [0.15, 0.2) is 0 Å². The molecule has 0 atom stereocenters. The van der Waals surface area contributed by atoms with E-state index in [-0.39, 0.29) is 5.91 Å². The molecule has 1 amide bonds. The van der Waals surface area contributed by atoms with Crippen LogP contribution in [0.1, 0.15) is 35.1 Å². The molecule has 15 heavy (non-hydrogen) atoms. The Morgan fingerprint density at radius 1 is 1.20 bits per heavy atom. The van der Waals surface area contributed by atoms with Gasteiger partial charge in [-0.2, -0.15) is 0 Å². The normalized spacial score (nSPS) is 10.3. The molecule has 2 N–H and O–H groups in total. The van der Waals surface area contributed by atoms with Crippen molar-refractivity contribution in [3.05, 3.63) is 34.4 Å². The predicted octanol–water partition coefficient (Wildman–Crippen LogP) is 2.42. The first-order valence-corrected chi connectivity index (χ1v) is 5.35. The molecule has 1 aromatic rings. The number of primary amides is 1. The van der Waals surface area contributed by atoms with Gasteiger partial charge in [-0.25, -0.2) is 0 Å². The van der Waals surface area contributed by atoms with Crippen LogP contribution >= 0.6 is 0 Å². The zero-order valence-electron chi connectivity index (χ0n) is 9.76. The van der Waals surface area contributed by atoms with Crippen LogP contribution in [0.15, 0.2) is 12.1 Å². The van der Waals surface area contributed by atoms with Crippen LogP contribution in [0.25, 0.3) is 0 Å². The summed E-state index contributed by atoms with van der Waals surface area (Å²) in [6.45, 7) is 6.35. The maximum atomic E-state index is 10.6. The quantitative estimate of drug-likeness (QED) is 0.806. The molecule has 0 aliphatic rings. The van der Waals surface area contributed by atoms with Crippen LogP contribution in [0.3, 0.4) is 0 Å². The Bertz CT molecular complexity index is 346. The highest BCUT2D eigenvalue weighted by atomic mass is 16.1. The molecule has 1 rings (SSSR count). The molecule has 0 aliphatic heterocycles. The lowest BCUT2D eigenvalue weighted by Crippen LogP contribution is -2.10. The van der Waals surface area contributed by atoms with Gasteiger partial charge >= 0.3 is 0 Å². The standard InChI is InChI=1S/C13H19NO/c1-9-7-10(2)12(11(3)8-9)5-4-6-13(14)15/h7-8H,4-6H2,1-3H3,(H2,14,15). The third-order valence-electron chi connectivity index (χ3n) is 2.69. The Morgan fingerprint density at radius 3 is 2.20 bits per heavy atom. The Kier molecular flexibility index (Phi) is 3.89. The molecule has 0 unspecified atom stereocenters. The van der Waals surface area contributed by atoms with Crippen LogP contribution in [-0.4, -0.2) is 5.91 Å². The SMILES string of the molecule is Cc1cc(C)c(CCCC(N)=O)c(C)c1. The highest BCUT2D eigenvalue weighted by Gasteiger charge is 2.04. The molecule has 0 aromatic heterocycles. The molecule has 0 fully saturated rings. The first-order valence-electron chi connectivity index (χ1n) is 5.35. The fourth-order valence-electron chi connectivity index (χ4n) is 2.04.